The summed E-state index contributed by atoms with van der Waals surface area (Å²) in [5, 5.41) is 2.97. The smallest absolute Gasteiger partial charge is 0.224 e. The first-order valence-corrected chi connectivity index (χ1v) is 10.7. The summed E-state index contributed by atoms with van der Waals surface area (Å²) in [5.74, 6) is 4.69. The fourth-order valence-electron chi connectivity index (χ4n) is 3.87. The van der Waals surface area contributed by atoms with Crippen LogP contribution in [0.5, 0.6) is 11.5 Å². The van der Waals surface area contributed by atoms with Crippen LogP contribution >= 0.6 is 11.8 Å². The zero-order valence-electron chi connectivity index (χ0n) is 15.8. The number of amides is 1. The van der Waals surface area contributed by atoms with Crippen molar-refractivity contribution in [3.8, 4) is 11.5 Å². The lowest BCUT2D eigenvalue weighted by atomic mass is 9.91. The Balaban J connectivity index is 1.42. The molecule has 1 aromatic rings. The Labute approximate surface area is 160 Å². The van der Waals surface area contributed by atoms with Gasteiger partial charge in [-0.15, -0.1) is 0 Å². The predicted molar refractivity (Wildman–Crippen MR) is 107 cm³/mol. The molecule has 2 heterocycles. The molecule has 1 N–H and O–H groups in total. The van der Waals surface area contributed by atoms with Crippen LogP contribution in [0.15, 0.2) is 18.2 Å². The number of likely N-dealkylation sites (tertiary alicyclic amines) is 1. The van der Waals surface area contributed by atoms with Crippen molar-refractivity contribution in [3.63, 3.8) is 0 Å². The number of benzene rings is 1. The van der Waals surface area contributed by atoms with Gasteiger partial charge >= 0.3 is 0 Å². The third-order valence-electron chi connectivity index (χ3n) is 5.53. The molecule has 1 atom stereocenters. The van der Waals surface area contributed by atoms with E-state index in [0.29, 0.717) is 29.5 Å². The Kier molecular flexibility index (Phi) is 7.08. The molecule has 2 aliphatic heterocycles. The second-order valence-electron chi connectivity index (χ2n) is 7.15. The first-order valence-electron chi connectivity index (χ1n) is 9.53. The predicted octanol–water partition coefficient (Wildman–Crippen LogP) is 3.64. The van der Waals surface area contributed by atoms with Gasteiger partial charge in [0, 0.05) is 24.3 Å². The number of hydrogen-bond donors (Lipinski definition) is 1. The first-order chi connectivity index (χ1) is 12.7. The summed E-state index contributed by atoms with van der Waals surface area (Å²) in [6.45, 7) is 2.40. The van der Waals surface area contributed by atoms with Gasteiger partial charge in [0.15, 0.2) is 0 Å². The number of anilines is 1. The summed E-state index contributed by atoms with van der Waals surface area (Å²) in [5.41, 5.74) is 0.701. The fourth-order valence-corrected chi connectivity index (χ4v) is 5.12. The summed E-state index contributed by atoms with van der Waals surface area (Å²) in [6.07, 6.45) is 5.33. The molecular formula is C20H30N2O3S. The molecule has 1 unspecified atom stereocenters. The van der Waals surface area contributed by atoms with Crippen molar-refractivity contribution in [2.45, 2.75) is 38.1 Å². The molecule has 26 heavy (non-hydrogen) atoms. The standard InChI is InChI=1S/C20H30N2O3S/c1-24-17-4-5-18(19(13-17)25-2)21-20(23)6-3-15-7-10-22(11-8-15)16-9-12-26-14-16/h4-5,13,15-16H,3,6-12,14H2,1-2H3,(H,21,23). The van der Waals surface area contributed by atoms with Crippen molar-refractivity contribution in [2.75, 3.05) is 44.1 Å². The second kappa shape index (κ2) is 9.51. The summed E-state index contributed by atoms with van der Waals surface area (Å²) in [4.78, 5) is 15.0. The van der Waals surface area contributed by atoms with E-state index >= 15 is 0 Å². The molecule has 3 rings (SSSR count). The van der Waals surface area contributed by atoms with Gasteiger partial charge in [-0.3, -0.25) is 9.69 Å². The summed E-state index contributed by atoms with van der Waals surface area (Å²) in [7, 11) is 3.21. The van der Waals surface area contributed by atoms with Gasteiger partial charge in [0.05, 0.1) is 19.9 Å². The van der Waals surface area contributed by atoms with E-state index in [0.717, 1.165) is 12.5 Å². The molecule has 0 aromatic heterocycles. The average Bonchev–Trinajstić information content (AvgIpc) is 3.22. The van der Waals surface area contributed by atoms with Gasteiger partial charge in [0.25, 0.3) is 0 Å². The van der Waals surface area contributed by atoms with Crippen molar-refractivity contribution >= 4 is 23.4 Å². The molecule has 0 radical (unpaired) electrons. The van der Waals surface area contributed by atoms with Crippen LogP contribution in [0, 0.1) is 5.92 Å². The van der Waals surface area contributed by atoms with Crippen molar-refractivity contribution < 1.29 is 14.3 Å². The number of rotatable bonds is 7. The number of thioether (sulfide) groups is 1. The maximum atomic E-state index is 12.3. The molecule has 2 fully saturated rings. The molecule has 144 valence electrons. The van der Waals surface area contributed by atoms with Gasteiger partial charge in [-0.05, 0) is 62.6 Å². The minimum absolute atomic E-state index is 0.0584. The number of methoxy groups -OCH3 is 2. The highest BCUT2D eigenvalue weighted by atomic mass is 32.2. The molecule has 1 aromatic carbocycles. The van der Waals surface area contributed by atoms with E-state index in [-0.39, 0.29) is 5.91 Å². The van der Waals surface area contributed by atoms with Crippen LogP contribution < -0.4 is 14.8 Å². The highest BCUT2D eigenvalue weighted by Crippen LogP contribution is 2.30. The van der Waals surface area contributed by atoms with Crippen molar-refractivity contribution in [3.05, 3.63) is 18.2 Å². The number of nitrogens with one attached hydrogen (secondary N) is 1. The van der Waals surface area contributed by atoms with E-state index in [1.807, 2.05) is 12.1 Å². The quantitative estimate of drug-likeness (QED) is 0.785. The van der Waals surface area contributed by atoms with E-state index in [1.54, 1.807) is 20.3 Å². The normalized spacial score (nSPS) is 21.5. The van der Waals surface area contributed by atoms with Crippen LogP contribution in [-0.2, 0) is 4.79 Å². The summed E-state index contributed by atoms with van der Waals surface area (Å²) >= 11 is 2.08. The van der Waals surface area contributed by atoms with Crippen LogP contribution in [0.1, 0.15) is 32.1 Å². The van der Waals surface area contributed by atoms with E-state index in [9.17, 15) is 4.79 Å². The number of piperidine rings is 1. The monoisotopic (exact) mass is 378 g/mol. The molecule has 5 nitrogen and oxygen atoms in total. The molecule has 0 saturated carbocycles. The molecule has 2 aliphatic rings. The average molecular weight is 379 g/mol. The Morgan fingerprint density at radius 3 is 2.69 bits per heavy atom. The lowest BCUT2D eigenvalue weighted by molar-refractivity contribution is -0.116. The Hall–Kier alpha value is -1.40. The third kappa shape index (κ3) is 5.07. The van der Waals surface area contributed by atoms with Crippen molar-refractivity contribution in [1.29, 1.82) is 0 Å². The highest BCUT2D eigenvalue weighted by molar-refractivity contribution is 7.99. The lowest BCUT2D eigenvalue weighted by Gasteiger charge is -2.35. The van der Waals surface area contributed by atoms with Gasteiger partial charge in [-0.1, -0.05) is 0 Å². The Morgan fingerprint density at radius 2 is 2.04 bits per heavy atom. The zero-order chi connectivity index (χ0) is 18.4. The van der Waals surface area contributed by atoms with Crippen LogP contribution in [0.3, 0.4) is 0 Å². The first kappa shape index (κ1) is 19.4. The molecule has 0 aliphatic carbocycles. The van der Waals surface area contributed by atoms with E-state index in [4.69, 9.17) is 9.47 Å². The van der Waals surface area contributed by atoms with Gasteiger partial charge in [-0.25, -0.2) is 0 Å². The molecule has 0 bridgehead atoms. The van der Waals surface area contributed by atoms with Crippen molar-refractivity contribution in [1.82, 2.24) is 4.90 Å². The summed E-state index contributed by atoms with van der Waals surface area (Å²) < 4.78 is 10.5. The van der Waals surface area contributed by atoms with Crippen molar-refractivity contribution in [2.24, 2.45) is 5.92 Å². The van der Waals surface area contributed by atoms with Gasteiger partial charge in [0.2, 0.25) is 5.91 Å². The van der Waals surface area contributed by atoms with Gasteiger partial charge in [-0.2, -0.15) is 11.8 Å². The topological polar surface area (TPSA) is 50.8 Å². The minimum atomic E-state index is 0.0584. The molecule has 0 spiro atoms. The SMILES string of the molecule is COc1ccc(NC(=O)CCC2CCN(C3CCSC3)CC2)c(OC)c1. The fraction of sp³-hybridized carbons (Fsp3) is 0.650. The van der Waals surface area contributed by atoms with Crippen LogP contribution in [0.4, 0.5) is 5.69 Å². The van der Waals surface area contributed by atoms with Gasteiger partial charge < -0.3 is 14.8 Å². The van der Waals surface area contributed by atoms with Crippen LogP contribution in [0.25, 0.3) is 0 Å². The lowest BCUT2D eigenvalue weighted by Crippen LogP contribution is -2.41. The molecular weight excluding hydrogens is 348 g/mol. The number of nitrogens with zero attached hydrogens (tertiary/aromatic N) is 1. The third-order valence-corrected chi connectivity index (χ3v) is 6.68. The van der Waals surface area contributed by atoms with E-state index in [1.165, 1.54) is 43.9 Å². The van der Waals surface area contributed by atoms with E-state index in [2.05, 4.69) is 22.0 Å². The maximum absolute atomic E-state index is 12.3. The maximum Gasteiger partial charge on any atom is 0.224 e. The largest absolute Gasteiger partial charge is 0.497 e. The highest BCUT2D eigenvalue weighted by Gasteiger charge is 2.27. The molecule has 6 heteroatoms. The second-order valence-corrected chi connectivity index (χ2v) is 8.30. The number of ether oxygens (including phenoxy) is 2. The number of hydrogen-bond acceptors (Lipinski definition) is 5. The zero-order valence-corrected chi connectivity index (χ0v) is 16.6. The molecule has 1 amide bonds. The number of carbonyl (C=O) groups excluding carboxylic acids is 1. The van der Waals surface area contributed by atoms with E-state index < -0.39 is 0 Å². The Bertz CT molecular complexity index is 597. The van der Waals surface area contributed by atoms with Crippen LogP contribution in [0.2, 0.25) is 0 Å². The van der Waals surface area contributed by atoms with Gasteiger partial charge in [0.1, 0.15) is 11.5 Å². The van der Waals surface area contributed by atoms with Crippen LogP contribution in [-0.4, -0.2) is 55.7 Å². The Morgan fingerprint density at radius 1 is 1.23 bits per heavy atom. The number of carbonyl (C=O) groups is 1. The minimum Gasteiger partial charge on any atom is -0.497 e. The molecule has 2 saturated heterocycles. The summed E-state index contributed by atoms with van der Waals surface area (Å²) in [6, 6.07) is 6.24.